The van der Waals surface area contributed by atoms with Crippen LogP contribution in [0.15, 0.2) is 24.3 Å². The molecule has 0 unspecified atom stereocenters. The van der Waals surface area contributed by atoms with Crippen LogP contribution < -0.4 is 4.90 Å². The highest BCUT2D eigenvalue weighted by molar-refractivity contribution is 5.89. The lowest BCUT2D eigenvalue weighted by molar-refractivity contribution is 0.0498. The molecule has 0 aliphatic rings. The minimum Gasteiger partial charge on any atom is -0.462 e. The number of carbonyl (C=O) groups excluding carboxylic acids is 1. The SMILES string of the molecule is CCCCCCOC(=O)c1ccc(N(CC)CC)cc1. The van der Waals surface area contributed by atoms with Crippen LogP contribution in [0.5, 0.6) is 0 Å². The fraction of sp³-hybridized carbons (Fsp3) is 0.588. The molecule has 20 heavy (non-hydrogen) atoms. The quantitative estimate of drug-likeness (QED) is 0.498. The smallest absolute Gasteiger partial charge is 0.338 e. The van der Waals surface area contributed by atoms with E-state index in [1.807, 2.05) is 24.3 Å². The van der Waals surface area contributed by atoms with Gasteiger partial charge in [0.15, 0.2) is 0 Å². The van der Waals surface area contributed by atoms with Gasteiger partial charge in [0.25, 0.3) is 0 Å². The lowest BCUT2D eigenvalue weighted by Gasteiger charge is -2.20. The average Bonchev–Trinajstić information content (AvgIpc) is 2.49. The van der Waals surface area contributed by atoms with Crippen molar-refractivity contribution in [2.24, 2.45) is 0 Å². The summed E-state index contributed by atoms with van der Waals surface area (Å²) in [5.74, 6) is -0.215. The van der Waals surface area contributed by atoms with E-state index < -0.39 is 0 Å². The summed E-state index contributed by atoms with van der Waals surface area (Å²) in [6.45, 7) is 8.89. The Labute approximate surface area is 122 Å². The van der Waals surface area contributed by atoms with Crippen LogP contribution in [0.4, 0.5) is 5.69 Å². The van der Waals surface area contributed by atoms with Crippen LogP contribution in [0.3, 0.4) is 0 Å². The van der Waals surface area contributed by atoms with E-state index in [1.165, 1.54) is 12.8 Å². The van der Waals surface area contributed by atoms with E-state index in [4.69, 9.17) is 4.74 Å². The van der Waals surface area contributed by atoms with Gasteiger partial charge in [0.2, 0.25) is 0 Å². The number of hydrogen-bond donors (Lipinski definition) is 0. The minimum absolute atomic E-state index is 0.215. The summed E-state index contributed by atoms with van der Waals surface area (Å²) >= 11 is 0. The van der Waals surface area contributed by atoms with E-state index in [0.29, 0.717) is 12.2 Å². The maximum absolute atomic E-state index is 11.9. The Bertz CT molecular complexity index is 382. The van der Waals surface area contributed by atoms with Crippen molar-refractivity contribution in [2.45, 2.75) is 46.5 Å². The van der Waals surface area contributed by atoms with Gasteiger partial charge < -0.3 is 9.64 Å². The Balaban J connectivity index is 2.45. The van der Waals surface area contributed by atoms with Crippen molar-refractivity contribution < 1.29 is 9.53 Å². The van der Waals surface area contributed by atoms with E-state index in [1.54, 1.807) is 0 Å². The number of carbonyl (C=O) groups is 1. The van der Waals surface area contributed by atoms with Crippen molar-refractivity contribution in [1.82, 2.24) is 0 Å². The number of rotatable bonds is 9. The van der Waals surface area contributed by atoms with Gasteiger partial charge in [-0.1, -0.05) is 26.2 Å². The van der Waals surface area contributed by atoms with Gasteiger partial charge in [0.1, 0.15) is 0 Å². The third-order valence-electron chi connectivity index (χ3n) is 3.46. The van der Waals surface area contributed by atoms with E-state index in [9.17, 15) is 4.79 Å². The van der Waals surface area contributed by atoms with E-state index >= 15 is 0 Å². The van der Waals surface area contributed by atoms with Crippen LogP contribution in [-0.4, -0.2) is 25.7 Å². The highest BCUT2D eigenvalue weighted by Crippen LogP contribution is 2.15. The summed E-state index contributed by atoms with van der Waals surface area (Å²) < 4.78 is 5.28. The van der Waals surface area contributed by atoms with E-state index in [2.05, 4.69) is 25.7 Å². The normalized spacial score (nSPS) is 10.3. The van der Waals surface area contributed by atoms with Gasteiger partial charge in [-0.15, -0.1) is 0 Å². The van der Waals surface area contributed by atoms with Gasteiger partial charge in [-0.25, -0.2) is 4.79 Å². The number of unbranched alkanes of at least 4 members (excludes halogenated alkanes) is 3. The highest BCUT2D eigenvalue weighted by atomic mass is 16.5. The summed E-state index contributed by atoms with van der Waals surface area (Å²) in [4.78, 5) is 14.1. The van der Waals surface area contributed by atoms with Gasteiger partial charge in [0, 0.05) is 18.8 Å². The van der Waals surface area contributed by atoms with Gasteiger partial charge >= 0.3 is 5.97 Å². The Morgan fingerprint density at radius 1 is 1.00 bits per heavy atom. The van der Waals surface area contributed by atoms with Crippen molar-refractivity contribution in [1.29, 1.82) is 0 Å². The molecule has 0 saturated heterocycles. The first-order valence-electron chi connectivity index (χ1n) is 7.75. The van der Waals surface area contributed by atoms with Crippen LogP contribution in [0.2, 0.25) is 0 Å². The van der Waals surface area contributed by atoms with Crippen molar-refractivity contribution in [2.75, 3.05) is 24.6 Å². The molecule has 1 rings (SSSR count). The minimum atomic E-state index is -0.215. The van der Waals surface area contributed by atoms with Gasteiger partial charge in [0.05, 0.1) is 12.2 Å². The van der Waals surface area contributed by atoms with E-state index in [-0.39, 0.29) is 5.97 Å². The second-order valence-electron chi connectivity index (χ2n) is 4.92. The molecular weight excluding hydrogens is 250 g/mol. The number of nitrogens with zero attached hydrogens (tertiary/aromatic N) is 1. The molecule has 1 aromatic carbocycles. The molecule has 3 heteroatoms. The monoisotopic (exact) mass is 277 g/mol. The van der Waals surface area contributed by atoms with Crippen molar-refractivity contribution in [3.8, 4) is 0 Å². The molecule has 0 saturated carbocycles. The lowest BCUT2D eigenvalue weighted by atomic mass is 10.2. The third-order valence-corrected chi connectivity index (χ3v) is 3.46. The van der Waals surface area contributed by atoms with Crippen LogP contribution in [0.25, 0.3) is 0 Å². The third kappa shape index (κ3) is 5.24. The van der Waals surface area contributed by atoms with E-state index in [0.717, 1.165) is 31.6 Å². The number of benzene rings is 1. The molecule has 0 aliphatic carbocycles. The summed E-state index contributed by atoms with van der Waals surface area (Å²) in [7, 11) is 0. The molecule has 0 radical (unpaired) electrons. The largest absolute Gasteiger partial charge is 0.462 e. The first-order valence-corrected chi connectivity index (χ1v) is 7.75. The second-order valence-corrected chi connectivity index (χ2v) is 4.92. The number of anilines is 1. The number of esters is 1. The molecule has 0 N–H and O–H groups in total. The molecule has 0 atom stereocenters. The maximum atomic E-state index is 11.9. The highest BCUT2D eigenvalue weighted by Gasteiger charge is 2.08. The first-order chi connectivity index (χ1) is 9.72. The standard InChI is InChI=1S/C17H27NO2/c1-4-7-8-9-14-20-17(19)15-10-12-16(13-11-15)18(5-2)6-3/h10-13H,4-9,14H2,1-3H3. The fourth-order valence-electron chi connectivity index (χ4n) is 2.17. The molecule has 0 aliphatic heterocycles. The lowest BCUT2D eigenvalue weighted by Crippen LogP contribution is -2.21. The molecular formula is C17H27NO2. The average molecular weight is 277 g/mol. The summed E-state index contributed by atoms with van der Waals surface area (Å²) in [6, 6.07) is 7.67. The Morgan fingerprint density at radius 3 is 2.20 bits per heavy atom. The number of ether oxygens (including phenoxy) is 1. The van der Waals surface area contributed by atoms with Crippen LogP contribution in [0, 0.1) is 0 Å². The zero-order chi connectivity index (χ0) is 14.8. The Kier molecular flexibility index (Phi) is 7.78. The van der Waals surface area contributed by atoms with Crippen molar-refractivity contribution in [3.63, 3.8) is 0 Å². The van der Waals surface area contributed by atoms with Gasteiger partial charge in [-0.3, -0.25) is 0 Å². The van der Waals surface area contributed by atoms with Gasteiger partial charge in [-0.05, 0) is 44.5 Å². The second kappa shape index (κ2) is 9.40. The molecule has 112 valence electrons. The maximum Gasteiger partial charge on any atom is 0.338 e. The van der Waals surface area contributed by atoms with Crippen LogP contribution >= 0.6 is 0 Å². The molecule has 0 amide bonds. The molecule has 3 nitrogen and oxygen atoms in total. The molecule has 0 fully saturated rings. The first kappa shape index (κ1) is 16.5. The molecule has 1 aromatic rings. The predicted molar refractivity (Wildman–Crippen MR) is 84.4 cm³/mol. The summed E-state index contributed by atoms with van der Waals surface area (Å²) in [6.07, 6.45) is 4.48. The summed E-state index contributed by atoms with van der Waals surface area (Å²) in [5, 5.41) is 0. The molecule has 0 aromatic heterocycles. The summed E-state index contributed by atoms with van der Waals surface area (Å²) in [5.41, 5.74) is 1.78. The topological polar surface area (TPSA) is 29.5 Å². The van der Waals surface area contributed by atoms with Gasteiger partial charge in [-0.2, -0.15) is 0 Å². The number of hydrogen-bond acceptors (Lipinski definition) is 3. The fourth-order valence-corrected chi connectivity index (χ4v) is 2.17. The molecule has 0 heterocycles. The Morgan fingerprint density at radius 2 is 1.65 bits per heavy atom. The van der Waals surface area contributed by atoms with Crippen LogP contribution in [0.1, 0.15) is 56.8 Å². The molecule has 0 bridgehead atoms. The predicted octanol–water partition coefficient (Wildman–Crippen LogP) is 4.27. The zero-order valence-corrected chi connectivity index (χ0v) is 13.0. The molecule has 0 spiro atoms. The van der Waals surface area contributed by atoms with Crippen molar-refractivity contribution in [3.05, 3.63) is 29.8 Å². The van der Waals surface area contributed by atoms with Crippen LogP contribution in [-0.2, 0) is 4.74 Å². The Hall–Kier alpha value is -1.51. The zero-order valence-electron chi connectivity index (χ0n) is 13.0. The van der Waals surface area contributed by atoms with Crippen molar-refractivity contribution >= 4 is 11.7 Å².